The van der Waals surface area contributed by atoms with E-state index in [9.17, 15) is 9.50 Å². The predicted molar refractivity (Wildman–Crippen MR) is 82.3 cm³/mol. The first-order valence-corrected chi connectivity index (χ1v) is 8.10. The minimum atomic E-state index is -0.445. The van der Waals surface area contributed by atoms with E-state index in [4.69, 9.17) is 0 Å². The molecule has 0 fully saturated rings. The fourth-order valence-electron chi connectivity index (χ4n) is 2.67. The zero-order chi connectivity index (χ0) is 14.5. The second-order valence-electron chi connectivity index (χ2n) is 6.02. The molecule has 1 atom stereocenters. The van der Waals surface area contributed by atoms with Gasteiger partial charge in [-0.1, -0.05) is 13.8 Å². The first-order valence-electron chi connectivity index (χ1n) is 6.49. The molecule has 0 saturated heterocycles. The molecule has 2 aromatic rings. The van der Waals surface area contributed by atoms with Crippen LogP contribution in [0.2, 0.25) is 0 Å². The van der Waals surface area contributed by atoms with Crippen molar-refractivity contribution in [3.8, 4) is 10.6 Å². The van der Waals surface area contributed by atoms with Gasteiger partial charge in [0.2, 0.25) is 0 Å². The molecule has 1 unspecified atom stereocenters. The number of halogens is 2. The Kier molecular flexibility index (Phi) is 3.47. The number of hydrogen-bond donors (Lipinski definition) is 1. The number of thiazole rings is 1. The number of fused-ring (bicyclic) bond motifs is 1. The van der Waals surface area contributed by atoms with E-state index in [1.54, 1.807) is 6.07 Å². The molecule has 3 rings (SSSR count). The predicted octanol–water partition coefficient (Wildman–Crippen LogP) is 4.72. The van der Waals surface area contributed by atoms with Crippen molar-refractivity contribution in [3.63, 3.8) is 0 Å². The SMILES string of the molecule is CC1(C)Cc2nc(-c3ccc(F)cc3Br)sc2C(O)C1. The standard InChI is InChI=1S/C15H15BrFNOS/c1-15(2)6-11-13(12(19)7-15)20-14(18-11)9-4-3-8(17)5-10(9)16/h3-5,12,19H,6-7H2,1-2H3. The van der Waals surface area contributed by atoms with E-state index in [0.29, 0.717) is 4.47 Å². The maximum atomic E-state index is 13.2. The molecule has 1 heterocycles. The third-order valence-electron chi connectivity index (χ3n) is 3.58. The average Bonchev–Trinajstić information content (AvgIpc) is 2.70. The van der Waals surface area contributed by atoms with Crippen LogP contribution in [0, 0.1) is 11.2 Å². The average molecular weight is 356 g/mol. The van der Waals surface area contributed by atoms with Crippen molar-refractivity contribution < 1.29 is 9.50 Å². The lowest BCUT2D eigenvalue weighted by Crippen LogP contribution is -2.24. The van der Waals surface area contributed by atoms with Crippen molar-refractivity contribution >= 4 is 27.3 Å². The lowest BCUT2D eigenvalue weighted by molar-refractivity contribution is 0.102. The van der Waals surface area contributed by atoms with Crippen molar-refractivity contribution in [1.29, 1.82) is 0 Å². The van der Waals surface area contributed by atoms with Crippen molar-refractivity contribution in [3.05, 3.63) is 39.1 Å². The van der Waals surface area contributed by atoms with E-state index >= 15 is 0 Å². The van der Waals surface area contributed by atoms with Gasteiger partial charge in [-0.25, -0.2) is 9.37 Å². The summed E-state index contributed by atoms with van der Waals surface area (Å²) in [6.45, 7) is 4.29. The molecule has 1 aliphatic carbocycles. The zero-order valence-corrected chi connectivity index (χ0v) is 13.7. The molecule has 0 aliphatic heterocycles. The highest BCUT2D eigenvalue weighted by Gasteiger charge is 2.34. The quantitative estimate of drug-likeness (QED) is 0.802. The molecule has 1 aromatic carbocycles. The zero-order valence-electron chi connectivity index (χ0n) is 11.3. The van der Waals surface area contributed by atoms with Gasteiger partial charge in [0.15, 0.2) is 0 Å². The van der Waals surface area contributed by atoms with Crippen LogP contribution in [0.3, 0.4) is 0 Å². The smallest absolute Gasteiger partial charge is 0.125 e. The minimum absolute atomic E-state index is 0.0673. The molecule has 1 N–H and O–H groups in total. The van der Waals surface area contributed by atoms with Crippen molar-refractivity contribution in [2.24, 2.45) is 5.41 Å². The van der Waals surface area contributed by atoms with Crippen LogP contribution in [0.4, 0.5) is 4.39 Å². The van der Waals surface area contributed by atoms with E-state index < -0.39 is 6.10 Å². The third kappa shape index (κ3) is 2.54. The van der Waals surface area contributed by atoms with Crippen LogP contribution in [0.5, 0.6) is 0 Å². The number of aromatic nitrogens is 1. The lowest BCUT2D eigenvalue weighted by Gasteiger charge is -2.31. The highest BCUT2D eigenvalue weighted by Crippen LogP contribution is 2.45. The molecule has 0 radical (unpaired) electrons. The first kappa shape index (κ1) is 14.2. The maximum Gasteiger partial charge on any atom is 0.125 e. The number of rotatable bonds is 1. The van der Waals surface area contributed by atoms with Gasteiger partial charge in [0.25, 0.3) is 0 Å². The molecule has 5 heteroatoms. The summed E-state index contributed by atoms with van der Waals surface area (Å²) in [6, 6.07) is 4.60. The van der Waals surface area contributed by atoms with Gasteiger partial charge in [-0.2, -0.15) is 0 Å². The van der Waals surface area contributed by atoms with Gasteiger partial charge in [-0.15, -0.1) is 11.3 Å². The summed E-state index contributed by atoms with van der Waals surface area (Å²) in [5.74, 6) is -0.275. The molecule has 1 aromatic heterocycles. The molecule has 0 spiro atoms. The van der Waals surface area contributed by atoms with Crippen LogP contribution in [0.1, 0.15) is 36.9 Å². The Morgan fingerprint density at radius 2 is 2.20 bits per heavy atom. The van der Waals surface area contributed by atoms with Crippen LogP contribution in [0.15, 0.2) is 22.7 Å². The largest absolute Gasteiger partial charge is 0.387 e. The van der Waals surface area contributed by atoms with Crippen LogP contribution in [-0.4, -0.2) is 10.1 Å². The summed E-state index contributed by atoms with van der Waals surface area (Å²) >= 11 is 4.88. The van der Waals surface area contributed by atoms with Crippen molar-refractivity contribution in [2.75, 3.05) is 0 Å². The van der Waals surface area contributed by atoms with Crippen molar-refractivity contribution in [1.82, 2.24) is 4.98 Å². The summed E-state index contributed by atoms with van der Waals surface area (Å²) in [7, 11) is 0. The Morgan fingerprint density at radius 3 is 2.90 bits per heavy atom. The van der Waals surface area contributed by atoms with Crippen molar-refractivity contribution in [2.45, 2.75) is 32.8 Å². The van der Waals surface area contributed by atoms with E-state index in [1.165, 1.54) is 23.5 Å². The van der Waals surface area contributed by atoms with Gasteiger partial charge < -0.3 is 5.11 Å². The van der Waals surface area contributed by atoms with Crippen LogP contribution in [0.25, 0.3) is 10.6 Å². The molecule has 106 valence electrons. The highest BCUT2D eigenvalue weighted by atomic mass is 79.9. The summed E-state index contributed by atoms with van der Waals surface area (Å²) in [5.41, 5.74) is 1.92. The molecule has 0 bridgehead atoms. The topological polar surface area (TPSA) is 33.1 Å². The highest BCUT2D eigenvalue weighted by molar-refractivity contribution is 9.10. The number of hydrogen-bond acceptors (Lipinski definition) is 3. The molecule has 20 heavy (non-hydrogen) atoms. The molecular formula is C15H15BrFNOS. The number of benzene rings is 1. The summed E-state index contributed by atoms with van der Waals surface area (Å²) in [4.78, 5) is 5.62. The Hall–Kier alpha value is -0.780. The second-order valence-corrected chi connectivity index (χ2v) is 7.90. The molecular weight excluding hydrogens is 341 g/mol. The summed E-state index contributed by atoms with van der Waals surface area (Å²) in [5, 5.41) is 11.1. The summed E-state index contributed by atoms with van der Waals surface area (Å²) in [6.07, 6.45) is 1.18. The van der Waals surface area contributed by atoms with Crippen LogP contribution < -0.4 is 0 Å². The van der Waals surface area contributed by atoms with Crippen LogP contribution in [-0.2, 0) is 6.42 Å². The van der Waals surface area contributed by atoms with Gasteiger partial charge in [-0.3, -0.25) is 0 Å². The number of aliphatic hydroxyl groups is 1. The number of aliphatic hydroxyl groups excluding tert-OH is 1. The Labute approximate surface area is 129 Å². The van der Waals surface area contributed by atoms with E-state index in [0.717, 1.165) is 34.0 Å². The number of nitrogens with zero attached hydrogens (tertiary/aromatic N) is 1. The Balaban J connectivity index is 2.06. The summed E-state index contributed by atoms with van der Waals surface area (Å²) < 4.78 is 13.9. The van der Waals surface area contributed by atoms with Gasteiger partial charge in [0.05, 0.1) is 16.7 Å². The molecule has 1 aliphatic rings. The fraction of sp³-hybridized carbons (Fsp3) is 0.400. The third-order valence-corrected chi connectivity index (χ3v) is 5.47. The minimum Gasteiger partial charge on any atom is -0.387 e. The van der Waals surface area contributed by atoms with Gasteiger partial charge in [0.1, 0.15) is 10.8 Å². The molecule has 0 saturated carbocycles. The normalized spacial score (nSPS) is 20.8. The lowest BCUT2D eigenvalue weighted by atomic mass is 9.77. The molecule has 0 amide bonds. The van der Waals surface area contributed by atoms with Crippen LogP contribution >= 0.6 is 27.3 Å². The monoisotopic (exact) mass is 355 g/mol. The Morgan fingerprint density at radius 1 is 1.45 bits per heavy atom. The van der Waals surface area contributed by atoms with E-state index in [-0.39, 0.29) is 11.2 Å². The molecule has 2 nitrogen and oxygen atoms in total. The maximum absolute atomic E-state index is 13.2. The van der Waals surface area contributed by atoms with Gasteiger partial charge in [0, 0.05) is 10.0 Å². The second kappa shape index (κ2) is 4.90. The fourth-order valence-corrected chi connectivity index (χ4v) is 4.45. The first-order chi connectivity index (χ1) is 9.35. The Bertz CT molecular complexity index is 668. The van der Waals surface area contributed by atoms with Gasteiger partial charge >= 0.3 is 0 Å². The van der Waals surface area contributed by atoms with E-state index in [1.807, 2.05) is 0 Å². The van der Waals surface area contributed by atoms with E-state index in [2.05, 4.69) is 34.8 Å². The van der Waals surface area contributed by atoms with Gasteiger partial charge in [-0.05, 0) is 52.4 Å².